The lowest BCUT2D eigenvalue weighted by molar-refractivity contribution is -0.137. The van der Waals surface area contributed by atoms with Crippen molar-refractivity contribution in [2.24, 2.45) is 5.92 Å². The maximum Gasteiger partial charge on any atom is 0.239 e. The standard InChI is InChI=1S/C14H26N2O2/c1-12(14(18)15-7-3-2-4-8-15)16-9-5-13(11-16)6-10-17/h12-13,17H,2-11H2,1H3. The van der Waals surface area contributed by atoms with Crippen LogP contribution in [0.15, 0.2) is 0 Å². The Morgan fingerprint density at radius 1 is 1.28 bits per heavy atom. The van der Waals surface area contributed by atoms with E-state index in [4.69, 9.17) is 5.11 Å². The second-order valence-corrected chi connectivity index (χ2v) is 5.72. The molecular weight excluding hydrogens is 228 g/mol. The van der Waals surface area contributed by atoms with E-state index in [9.17, 15) is 4.79 Å². The van der Waals surface area contributed by atoms with Gasteiger partial charge >= 0.3 is 0 Å². The van der Waals surface area contributed by atoms with Gasteiger partial charge in [0.25, 0.3) is 0 Å². The van der Waals surface area contributed by atoms with Gasteiger partial charge in [-0.2, -0.15) is 0 Å². The third kappa shape index (κ3) is 3.23. The summed E-state index contributed by atoms with van der Waals surface area (Å²) < 4.78 is 0. The largest absolute Gasteiger partial charge is 0.396 e. The highest BCUT2D eigenvalue weighted by molar-refractivity contribution is 5.81. The summed E-state index contributed by atoms with van der Waals surface area (Å²) in [6.45, 7) is 6.17. The Balaban J connectivity index is 1.83. The van der Waals surface area contributed by atoms with Crippen LogP contribution in [0.25, 0.3) is 0 Å². The van der Waals surface area contributed by atoms with Crippen LogP contribution in [0.2, 0.25) is 0 Å². The number of carbonyl (C=O) groups excluding carboxylic acids is 1. The number of piperidine rings is 1. The van der Waals surface area contributed by atoms with Crippen molar-refractivity contribution in [3.05, 3.63) is 0 Å². The van der Waals surface area contributed by atoms with Crippen molar-refractivity contribution in [1.82, 2.24) is 9.80 Å². The van der Waals surface area contributed by atoms with E-state index < -0.39 is 0 Å². The maximum atomic E-state index is 12.4. The Hall–Kier alpha value is -0.610. The molecule has 2 aliphatic heterocycles. The van der Waals surface area contributed by atoms with Gasteiger partial charge in [-0.25, -0.2) is 0 Å². The van der Waals surface area contributed by atoms with Crippen molar-refractivity contribution in [2.45, 2.75) is 45.1 Å². The van der Waals surface area contributed by atoms with Crippen molar-refractivity contribution in [2.75, 3.05) is 32.8 Å². The summed E-state index contributed by atoms with van der Waals surface area (Å²) in [5.41, 5.74) is 0. The molecule has 2 fully saturated rings. The summed E-state index contributed by atoms with van der Waals surface area (Å²) in [7, 11) is 0. The molecule has 2 saturated heterocycles. The Labute approximate surface area is 110 Å². The van der Waals surface area contributed by atoms with Gasteiger partial charge in [0, 0.05) is 26.2 Å². The van der Waals surface area contributed by atoms with Crippen LogP contribution in [0.4, 0.5) is 0 Å². The number of amides is 1. The van der Waals surface area contributed by atoms with Gasteiger partial charge in [-0.05, 0) is 51.5 Å². The molecule has 1 amide bonds. The Morgan fingerprint density at radius 3 is 2.67 bits per heavy atom. The van der Waals surface area contributed by atoms with E-state index >= 15 is 0 Å². The van der Waals surface area contributed by atoms with E-state index in [0.29, 0.717) is 11.8 Å². The molecule has 4 nitrogen and oxygen atoms in total. The fourth-order valence-electron chi connectivity index (χ4n) is 3.17. The molecule has 2 rings (SSSR count). The monoisotopic (exact) mass is 254 g/mol. The maximum absolute atomic E-state index is 12.4. The molecule has 18 heavy (non-hydrogen) atoms. The van der Waals surface area contributed by atoms with Crippen molar-refractivity contribution < 1.29 is 9.90 Å². The molecule has 1 N–H and O–H groups in total. The normalized spacial score (nSPS) is 27.4. The van der Waals surface area contributed by atoms with Gasteiger partial charge in [0.2, 0.25) is 5.91 Å². The molecule has 0 saturated carbocycles. The van der Waals surface area contributed by atoms with Gasteiger partial charge in [0.15, 0.2) is 0 Å². The minimum absolute atomic E-state index is 0.0202. The predicted octanol–water partition coefficient (Wildman–Crippen LogP) is 1.09. The summed E-state index contributed by atoms with van der Waals surface area (Å²) in [6.07, 6.45) is 5.58. The number of aliphatic hydroxyl groups excluding tert-OH is 1. The molecule has 0 aromatic rings. The van der Waals surface area contributed by atoms with Crippen molar-refractivity contribution in [1.29, 1.82) is 0 Å². The molecule has 0 aromatic heterocycles. The molecule has 0 aromatic carbocycles. The lowest BCUT2D eigenvalue weighted by atomic mass is 10.1. The number of likely N-dealkylation sites (tertiary alicyclic amines) is 2. The summed E-state index contributed by atoms with van der Waals surface area (Å²) >= 11 is 0. The van der Waals surface area contributed by atoms with Crippen LogP contribution in [0.5, 0.6) is 0 Å². The summed E-state index contributed by atoms with van der Waals surface area (Å²) in [4.78, 5) is 16.7. The zero-order valence-corrected chi connectivity index (χ0v) is 11.5. The number of nitrogens with zero attached hydrogens (tertiary/aromatic N) is 2. The topological polar surface area (TPSA) is 43.8 Å². The van der Waals surface area contributed by atoms with E-state index in [2.05, 4.69) is 4.90 Å². The highest BCUT2D eigenvalue weighted by Gasteiger charge is 2.31. The van der Waals surface area contributed by atoms with Crippen LogP contribution in [0.1, 0.15) is 39.0 Å². The zero-order valence-electron chi connectivity index (χ0n) is 11.5. The van der Waals surface area contributed by atoms with E-state index in [1.807, 2.05) is 11.8 Å². The lowest BCUT2D eigenvalue weighted by Crippen LogP contribution is -2.48. The van der Waals surface area contributed by atoms with Crippen LogP contribution in [-0.4, -0.2) is 59.6 Å². The number of hydrogen-bond acceptors (Lipinski definition) is 3. The first-order chi connectivity index (χ1) is 8.72. The second-order valence-electron chi connectivity index (χ2n) is 5.72. The summed E-state index contributed by atoms with van der Waals surface area (Å²) in [5.74, 6) is 0.881. The van der Waals surface area contributed by atoms with E-state index in [1.54, 1.807) is 0 Å². The smallest absolute Gasteiger partial charge is 0.239 e. The molecule has 104 valence electrons. The highest BCUT2D eigenvalue weighted by Crippen LogP contribution is 2.22. The molecule has 4 heteroatoms. The van der Waals surface area contributed by atoms with E-state index in [-0.39, 0.29) is 12.6 Å². The minimum atomic E-state index is 0.0202. The first-order valence-electron chi connectivity index (χ1n) is 7.36. The average molecular weight is 254 g/mol. The third-order valence-corrected chi connectivity index (χ3v) is 4.43. The van der Waals surface area contributed by atoms with Gasteiger partial charge in [0.05, 0.1) is 6.04 Å². The number of aliphatic hydroxyl groups is 1. The lowest BCUT2D eigenvalue weighted by Gasteiger charge is -2.32. The van der Waals surface area contributed by atoms with Crippen molar-refractivity contribution in [3.63, 3.8) is 0 Å². The van der Waals surface area contributed by atoms with Crippen molar-refractivity contribution in [3.8, 4) is 0 Å². The number of hydrogen-bond donors (Lipinski definition) is 1. The molecular formula is C14H26N2O2. The third-order valence-electron chi connectivity index (χ3n) is 4.43. The van der Waals surface area contributed by atoms with Gasteiger partial charge in [0.1, 0.15) is 0 Å². The number of rotatable bonds is 4. The first-order valence-corrected chi connectivity index (χ1v) is 7.36. The summed E-state index contributed by atoms with van der Waals surface area (Å²) in [6, 6.07) is 0.0202. The van der Waals surface area contributed by atoms with Gasteiger partial charge < -0.3 is 10.0 Å². The van der Waals surface area contributed by atoms with Crippen LogP contribution in [0, 0.1) is 5.92 Å². The van der Waals surface area contributed by atoms with E-state index in [0.717, 1.165) is 51.9 Å². The highest BCUT2D eigenvalue weighted by atomic mass is 16.3. The quantitative estimate of drug-likeness (QED) is 0.817. The van der Waals surface area contributed by atoms with Crippen LogP contribution in [-0.2, 0) is 4.79 Å². The fourth-order valence-corrected chi connectivity index (χ4v) is 3.17. The average Bonchev–Trinajstić information content (AvgIpc) is 2.87. The van der Waals surface area contributed by atoms with Crippen LogP contribution in [0.3, 0.4) is 0 Å². The molecule has 0 radical (unpaired) electrons. The molecule has 0 bridgehead atoms. The molecule has 2 unspecified atom stereocenters. The zero-order chi connectivity index (χ0) is 13.0. The van der Waals surface area contributed by atoms with E-state index in [1.165, 1.54) is 6.42 Å². The minimum Gasteiger partial charge on any atom is -0.396 e. The molecule has 0 aliphatic carbocycles. The summed E-state index contributed by atoms with van der Waals surface area (Å²) in [5, 5.41) is 8.97. The Morgan fingerprint density at radius 2 is 2.00 bits per heavy atom. The van der Waals surface area contributed by atoms with Crippen LogP contribution >= 0.6 is 0 Å². The molecule has 0 spiro atoms. The number of carbonyl (C=O) groups is 1. The molecule has 2 heterocycles. The Bertz CT molecular complexity index is 277. The van der Waals surface area contributed by atoms with Gasteiger partial charge in [-0.3, -0.25) is 9.69 Å². The second kappa shape index (κ2) is 6.53. The molecule has 2 aliphatic rings. The predicted molar refractivity (Wildman–Crippen MR) is 71.3 cm³/mol. The van der Waals surface area contributed by atoms with Gasteiger partial charge in [-0.15, -0.1) is 0 Å². The SMILES string of the molecule is CC(C(=O)N1CCCCC1)N1CCC(CCO)C1. The fraction of sp³-hybridized carbons (Fsp3) is 0.929. The van der Waals surface area contributed by atoms with Crippen molar-refractivity contribution >= 4 is 5.91 Å². The van der Waals surface area contributed by atoms with Gasteiger partial charge in [-0.1, -0.05) is 0 Å². The van der Waals surface area contributed by atoms with Crippen LogP contribution < -0.4 is 0 Å². The Kier molecular flexibility index (Phi) is 5.01. The molecule has 2 atom stereocenters. The first kappa shape index (κ1) is 13.8.